The number of halogens is 2. The van der Waals surface area contributed by atoms with E-state index in [-0.39, 0.29) is 5.41 Å². The lowest BCUT2D eigenvalue weighted by atomic mass is 9.75. The Hall–Kier alpha value is -0.280. The topological polar surface area (TPSA) is 21.3 Å². The van der Waals surface area contributed by atoms with Crippen molar-refractivity contribution in [3.8, 4) is 0 Å². The van der Waals surface area contributed by atoms with E-state index in [1.165, 1.54) is 0 Å². The predicted octanol–water partition coefficient (Wildman–Crippen LogP) is 4.29. The van der Waals surface area contributed by atoms with Crippen molar-refractivity contribution in [3.63, 3.8) is 0 Å². The quantitative estimate of drug-likeness (QED) is 0.724. The highest BCUT2D eigenvalue weighted by Gasteiger charge is 2.32. The molecule has 0 aliphatic heterocycles. The van der Waals surface area contributed by atoms with Crippen LogP contribution in [-0.2, 0) is 10.2 Å². The summed E-state index contributed by atoms with van der Waals surface area (Å²) in [5, 5.41) is 4.95. The largest absolute Gasteiger partial charge is 0.383 e. The summed E-state index contributed by atoms with van der Waals surface area (Å²) in [6.07, 6.45) is 1.99. The molecule has 1 N–H and O–H groups in total. The summed E-state index contributed by atoms with van der Waals surface area (Å²) in [6, 6.07) is 5.72. The van der Waals surface area contributed by atoms with Crippen molar-refractivity contribution < 1.29 is 4.74 Å². The Labute approximate surface area is 126 Å². The van der Waals surface area contributed by atoms with E-state index in [2.05, 4.69) is 19.2 Å². The maximum absolute atomic E-state index is 6.37. The Bertz CT molecular complexity index is 371. The molecule has 0 saturated carbocycles. The van der Waals surface area contributed by atoms with Gasteiger partial charge in [-0.2, -0.15) is 0 Å². The molecule has 108 valence electrons. The number of rotatable bonds is 8. The van der Waals surface area contributed by atoms with Crippen molar-refractivity contribution in [3.05, 3.63) is 33.8 Å². The molecule has 0 bridgehead atoms. The summed E-state index contributed by atoms with van der Waals surface area (Å²) >= 11 is 12.7. The summed E-state index contributed by atoms with van der Waals surface area (Å²) in [5.41, 5.74) is 1.04. The van der Waals surface area contributed by atoms with Crippen molar-refractivity contribution >= 4 is 23.2 Å². The number of benzene rings is 1. The van der Waals surface area contributed by atoms with E-state index >= 15 is 0 Å². The van der Waals surface area contributed by atoms with Gasteiger partial charge < -0.3 is 10.1 Å². The van der Waals surface area contributed by atoms with Gasteiger partial charge in [-0.1, -0.05) is 43.1 Å². The third kappa shape index (κ3) is 4.09. The molecule has 0 heterocycles. The Balaban J connectivity index is 2.97. The second-order valence-electron chi connectivity index (χ2n) is 4.75. The first-order chi connectivity index (χ1) is 9.11. The first-order valence-electron chi connectivity index (χ1n) is 6.75. The molecule has 4 heteroatoms. The highest BCUT2D eigenvalue weighted by atomic mass is 35.5. The first-order valence-corrected chi connectivity index (χ1v) is 7.51. The molecular formula is C15H23Cl2NO. The van der Waals surface area contributed by atoms with Crippen LogP contribution in [0.5, 0.6) is 0 Å². The van der Waals surface area contributed by atoms with Crippen LogP contribution < -0.4 is 5.32 Å². The molecule has 0 fully saturated rings. The zero-order valence-corrected chi connectivity index (χ0v) is 13.4. The average molecular weight is 304 g/mol. The maximum atomic E-state index is 6.37. The van der Waals surface area contributed by atoms with Crippen LogP contribution in [0.2, 0.25) is 10.0 Å². The van der Waals surface area contributed by atoms with Gasteiger partial charge in [0.05, 0.1) is 6.61 Å². The molecule has 1 aromatic carbocycles. The van der Waals surface area contributed by atoms with Crippen molar-refractivity contribution in [2.45, 2.75) is 32.1 Å². The fourth-order valence-electron chi connectivity index (χ4n) is 2.45. The summed E-state index contributed by atoms with van der Waals surface area (Å²) < 4.78 is 5.06. The van der Waals surface area contributed by atoms with Gasteiger partial charge in [-0.3, -0.25) is 0 Å². The fourth-order valence-corrected chi connectivity index (χ4v) is 3.25. The van der Waals surface area contributed by atoms with Gasteiger partial charge in [0.25, 0.3) is 0 Å². The zero-order valence-electron chi connectivity index (χ0n) is 11.9. The molecule has 2 nitrogen and oxygen atoms in total. The van der Waals surface area contributed by atoms with Crippen LogP contribution >= 0.6 is 23.2 Å². The van der Waals surface area contributed by atoms with Gasteiger partial charge in [-0.25, -0.2) is 0 Å². The predicted molar refractivity (Wildman–Crippen MR) is 83.5 cm³/mol. The van der Waals surface area contributed by atoms with Gasteiger partial charge in [0.2, 0.25) is 0 Å². The third-order valence-corrected chi connectivity index (χ3v) is 4.42. The molecule has 1 aromatic rings. The van der Waals surface area contributed by atoms with Crippen LogP contribution in [0, 0.1) is 0 Å². The Morgan fingerprint density at radius 3 is 2.21 bits per heavy atom. The minimum atomic E-state index is -0.0246. The molecule has 0 spiro atoms. The van der Waals surface area contributed by atoms with Crippen LogP contribution in [0.1, 0.15) is 32.3 Å². The van der Waals surface area contributed by atoms with Gasteiger partial charge in [0, 0.05) is 35.7 Å². The van der Waals surface area contributed by atoms with E-state index in [4.69, 9.17) is 27.9 Å². The van der Waals surface area contributed by atoms with E-state index in [0.29, 0.717) is 6.61 Å². The van der Waals surface area contributed by atoms with Crippen molar-refractivity contribution in [1.82, 2.24) is 5.32 Å². The summed E-state index contributed by atoms with van der Waals surface area (Å²) in [5.74, 6) is 0. The van der Waals surface area contributed by atoms with Crippen molar-refractivity contribution in [2.24, 2.45) is 0 Å². The average Bonchev–Trinajstić information content (AvgIpc) is 2.41. The molecular weight excluding hydrogens is 281 g/mol. The van der Waals surface area contributed by atoms with Gasteiger partial charge in [-0.15, -0.1) is 0 Å². The van der Waals surface area contributed by atoms with Crippen LogP contribution in [0.25, 0.3) is 0 Å². The Morgan fingerprint density at radius 2 is 1.74 bits per heavy atom. The Kier molecular flexibility index (Phi) is 7.16. The van der Waals surface area contributed by atoms with E-state index < -0.39 is 0 Å². The van der Waals surface area contributed by atoms with Gasteiger partial charge in [0.15, 0.2) is 0 Å². The van der Waals surface area contributed by atoms with Gasteiger partial charge in [0.1, 0.15) is 0 Å². The molecule has 0 radical (unpaired) electrons. The minimum Gasteiger partial charge on any atom is -0.383 e. The number of nitrogens with one attached hydrogen (secondary N) is 1. The normalized spacial score (nSPS) is 11.8. The maximum Gasteiger partial charge on any atom is 0.0587 e. The van der Waals surface area contributed by atoms with Gasteiger partial charge in [-0.05, 0) is 30.5 Å². The fraction of sp³-hybridized carbons (Fsp3) is 0.600. The lowest BCUT2D eigenvalue weighted by molar-refractivity contribution is 0.195. The molecule has 1 rings (SSSR count). The number of hydrogen-bond acceptors (Lipinski definition) is 2. The molecule has 0 amide bonds. The number of hydrogen-bond donors (Lipinski definition) is 1. The zero-order chi connectivity index (χ0) is 14.3. The molecule has 19 heavy (non-hydrogen) atoms. The van der Waals surface area contributed by atoms with Crippen molar-refractivity contribution in [2.75, 3.05) is 26.8 Å². The van der Waals surface area contributed by atoms with E-state index in [9.17, 15) is 0 Å². The molecule has 0 saturated heterocycles. The van der Waals surface area contributed by atoms with Crippen LogP contribution in [0.4, 0.5) is 0 Å². The summed E-state index contributed by atoms with van der Waals surface area (Å²) in [4.78, 5) is 0. The smallest absolute Gasteiger partial charge is 0.0587 e. The molecule has 0 aliphatic carbocycles. The highest BCUT2D eigenvalue weighted by molar-refractivity contribution is 6.36. The van der Waals surface area contributed by atoms with Crippen LogP contribution in [0.15, 0.2) is 18.2 Å². The third-order valence-electron chi connectivity index (χ3n) is 3.79. The van der Waals surface area contributed by atoms with E-state index in [1.807, 2.05) is 18.2 Å². The number of ether oxygens (including phenoxy) is 1. The lowest BCUT2D eigenvalue weighted by Crippen LogP contribution is -2.39. The number of methoxy groups -OCH3 is 1. The summed E-state index contributed by atoms with van der Waals surface area (Å²) in [6.45, 7) is 6.76. The molecule has 0 aliphatic rings. The second-order valence-corrected chi connectivity index (χ2v) is 5.57. The van der Waals surface area contributed by atoms with Crippen molar-refractivity contribution in [1.29, 1.82) is 0 Å². The van der Waals surface area contributed by atoms with E-state index in [0.717, 1.165) is 41.5 Å². The second kappa shape index (κ2) is 8.11. The first kappa shape index (κ1) is 16.8. The highest BCUT2D eigenvalue weighted by Crippen LogP contribution is 2.40. The standard InChI is InChI=1S/C15H23Cl2NO/c1-4-15(5-2,11-18-9-10-19-3)14-12(16)7-6-8-13(14)17/h6-8,18H,4-5,9-11H2,1-3H3. The lowest BCUT2D eigenvalue weighted by Gasteiger charge is -2.34. The van der Waals surface area contributed by atoms with Crippen LogP contribution in [-0.4, -0.2) is 26.8 Å². The Morgan fingerprint density at radius 1 is 1.16 bits per heavy atom. The molecule has 0 atom stereocenters. The monoisotopic (exact) mass is 303 g/mol. The van der Waals surface area contributed by atoms with Gasteiger partial charge >= 0.3 is 0 Å². The minimum absolute atomic E-state index is 0.0246. The SMILES string of the molecule is CCC(CC)(CNCCOC)c1c(Cl)cccc1Cl. The van der Waals surface area contributed by atoms with E-state index in [1.54, 1.807) is 7.11 Å². The van der Waals surface area contributed by atoms with Crippen LogP contribution in [0.3, 0.4) is 0 Å². The molecule has 0 unspecified atom stereocenters. The molecule has 0 aromatic heterocycles. The summed E-state index contributed by atoms with van der Waals surface area (Å²) in [7, 11) is 1.71.